The van der Waals surface area contributed by atoms with E-state index in [0.29, 0.717) is 10.0 Å². The van der Waals surface area contributed by atoms with Crippen LogP contribution >= 0.6 is 23.2 Å². The van der Waals surface area contributed by atoms with Crippen molar-refractivity contribution in [2.45, 2.75) is 38.3 Å². The number of benzene rings is 1. The molecule has 3 nitrogen and oxygen atoms in total. The van der Waals surface area contributed by atoms with Gasteiger partial charge in [-0.15, -0.1) is 0 Å². The van der Waals surface area contributed by atoms with E-state index in [2.05, 4.69) is 10.6 Å². The van der Waals surface area contributed by atoms with Crippen LogP contribution in [0.5, 0.6) is 0 Å². The lowest BCUT2D eigenvalue weighted by molar-refractivity contribution is -0.123. The molecule has 0 aromatic heterocycles. The van der Waals surface area contributed by atoms with E-state index in [1.165, 1.54) is 0 Å². The Morgan fingerprint density at radius 3 is 2.84 bits per heavy atom. The fourth-order valence-corrected chi connectivity index (χ4v) is 2.58. The molecule has 5 heteroatoms. The normalized spacial score (nSPS) is 21.6. The van der Waals surface area contributed by atoms with Gasteiger partial charge in [0.1, 0.15) is 0 Å². The van der Waals surface area contributed by atoms with Crippen molar-refractivity contribution in [2.75, 3.05) is 6.54 Å². The Labute approximate surface area is 123 Å². The van der Waals surface area contributed by atoms with E-state index in [9.17, 15) is 4.79 Å². The minimum absolute atomic E-state index is 0.0589. The standard InChI is InChI=1S/C14H18Cl2N2O/c1-9(10-5-6-11(15)12(16)8-10)18-13-4-2-3-7-17-14(13)19/h5-6,8-9,13,18H,2-4,7H2,1H3,(H,17,19). The molecule has 2 atom stereocenters. The van der Waals surface area contributed by atoms with Crippen molar-refractivity contribution >= 4 is 29.1 Å². The Bertz CT molecular complexity index is 465. The highest BCUT2D eigenvalue weighted by molar-refractivity contribution is 6.42. The first kappa shape index (κ1) is 14.6. The number of amides is 1. The zero-order valence-corrected chi connectivity index (χ0v) is 12.4. The molecule has 2 rings (SSSR count). The molecule has 1 saturated heterocycles. The van der Waals surface area contributed by atoms with Crippen LogP contribution in [0.15, 0.2) is 18.2 Å². The number of hydrogen-bond acceptors (Lipinski definition) is 2. The van der Waals surface area contributed by atoms with Gasteiger partial charge in [0.25, 0.3) is 0 Å². The molecule has 104 valence electrons. The zero-order chi connectivity index (χ0) is 13.8. The monoisotopic (exact) mass is 300 g/mol. The molecule has 0 aliphatic carbocycles. The minimum Gasteiger partial charge on any atom is -0.355 e. The van der Waals surface area contributed by atoms with Crippen LogP contribution in [0.1, 0.15) is 37.8 Å². The quantitative estimate of drug-likeness (QED) is 0.899. The lowest BCUT2D eigenvalue weighted by atomic mass is 10.1. The summed E-state index contributed by atoms with van der Waals surface area (Å²) >= 11 is 11.9. The lowest BCUT2D eigenvalue weighted by Crippen LogP contribution is -2.43. The van der Waals surface area contributed by atoms with Crippen LogP contribution < -0.4 is 10.6 Å². The van der Waals surface area contributed by atoms with Gasteiger partial charge in [-0.2, -0.15) is 0 Å². The van der Waals surface area contributed by atoms with Gasteiger partial charge in [-0.3, -0.25) is 10.1 Å². The molecule has 0 bridgehead atoms. The van der Waals surface area contributed by atoms with Crippen molar-refractivity contribution in [2.24, 2.45) is 0 Å². The predicted molar refractivity (Wildman–Crippen MR) is 78.7 cm³/mol. The molecule has 1 amide bonds. The molecule has 1 fully saturated rings. The molecule has 1 aromatic rings. The highest BCUT2D eigenvalue weighted by Gasteiger charge is 2.22. The van der Waals surface area contributed by atoms with Crippen molar-refractivity contribution < 1.29 is 4.79 Å². The van der Waals surface area contributed by atoms with Crippen LogP contribution in [0, 0.1) is 0 Å². The molecule has 19 heavy (non-hydrogen) atoms. The van der Waals surface area contributed by atoms with Gasteiger partial charge in [0, 0.05) is 12.6 Å². The Hall–Kier alpha value is -0.770. The van der Waals surface area contributed by atoms with Gasteiger partial charge in [-0.1, -0.05) is 29.3 Å². The summed E-state index contributed by atoms with van der Waals surface area (Å²) in [6.45, 7) is 2.80. The molecular formula is C14H18Cl2N2O. The lowest BCUT2D eigenvalue weighted by Gasteiger charge is -2.21. The summed E-state index contributed by atoms with van der Waals surface area (Å²) in [6, 6.07) is 5.48. The molecule has 0 radical (unpaired) electrons. The van der Waals surface area contributed by atoms with E-state index >= 15 is 0 Å². The predicted octanol–water partition coefficient (Wildman–Crippen LogP) is 3.31. The summed E-state index contributed by atoms with van der Waals surface area (Å²) in [7, 11) is 0. The first-order chi connectivity index (χ1) is 9.08. The van der Waals surface area contributed by atoms with Gasteiger partial charge in [-0.25, -0.2) is 0 Å². The molecule has 1 aromatic carbocycles. The second-order valence-electron chi connectivity index (χ2n) is 4.90. The average molecular weight is 301 g/mol. The number of carbonyl (C=O) groups excluding carboxylic acids is 1. The van der Waals surface area contributed by atoms with Gasteiger partial charge in [-0.05, 0) is 43.9 Å². The topological polar surface area (TPSA) is 41.1 Å². The molecule has 1 heterocycles. The molecule has 1 aliphatic rings. The maximum Gasteiger partial charge on any atom is 0.237 e. The summed E-state index contributed by atoms with van der Waals surface area (Å²) in [5, 5.41) is 7.37. The van der Waals surface area contributed by atoms with Crippen molar-refractivity contribution in [3.63, 3.8) is 0 Å². The minimum atomic E-state index is -0.132. The van der Waals surface area contributed by atoms with E-state index < -0.39 is 0 Å². The largest absolute Gasteiger partial charge is 0.355 e. The number of nitrogens with one attached hydrogen (secondary N) is 2. The number of carbonyl (C=O) groups is 1. The molecule has 1 aliphatic heterocycles. The van der Waals surface area contributed by atoms with Gasteiger partial charge in [0.05, 0.1) is 16.1 Å². The van der Waals surface area contributed by atoms with Gasteiger partial charge >= 0.3 is 0 Å². The molecule has 0 spiro atoms. The number of halogens is 2. The third-order valence-electron chi connectivity index (χ3n) is 3.43. The van der Waals surface area contributed by atoms with Crippen LogP contribution in [0.3, 0.4) is 0 Å². The Balaban J connectivity index is 2.04. The summed E-state index contributed by atoms with van der Waals surface area (Å²) in [6.07, 6.45) is 2.98. The molecule has 0 saturated carbocycles. The van der Waals surface area contributed by atoms with Crippen LogP contribution in [0.25, 0.3) is 0 Å². The second-order valence-corrected chi connectivity index (χ2v) is 5.72. The fourth-order valence-electron chi connectivity index (χ4n) is 2.28. The SMILES string of the molecule is CC(NC1CCCCNC1=O)c1ccc(Cl)c(Cl)c1. The fraction of sp³-hybridized carbons (Fsp3) is 0.500. The summed E-state index contributed by atoms with van der Waals surface area (Å²) in [4.78, 5) is 11.9. The van der Waals surface area contributed by atoms with Gasteiger partial charge in [0.15, 0.2) is 0 Å². The van der Waals surface area contributed by atoms with Crippen molar-refractivity contribution in [1.29, 1.82) is 0 Å². The Morgan fingerprint density at radius 2 is 2.11 bits per heavy atom. The number of hydrogen-bond donors (Lipinski definition) is 2. The smallest absolute Gasteiger partial charge is 0.237 e. The molecule has 2 N–H and O–H groups in total. The third-order valence-corrected chi connectivity index (χ3v) is 4.17. The summed E-state index contributed by atoms with van der Waals surface area (Å²) in [5.74, 6) is 0.0874. The van der Waals surface area contributed by atoms with Crippen molar-refractivity contribution in [3.8, 4) is 0 Å². The maximum atomic E-state index is 11.9. The Kier molecular flexibility index (Phi) is 5.08. The van der Waals surface area contributed by atoms with Crippen molar-refractivity contribution in [1.82, 2.24) is 10.6 Å². The van der Waals surface area contributed by atoms with E-state index in [1.807, 2.05) is 19.1 Å². The number of rotatable bonds is 3. The second kappa shape index (κ2) is 6.60. The molecule has 2 unspecified atom stereocenters. The first-order valence-corrected chi connectivity index (χ1v) is 7.32. The summed E-state index contributed by atoms with van der Waals surface area (Å²) < 4.78 is 0. The van der Waals surface area contributed by atoms with E-state index in [4.69, 9.17) is 23.2 Å². The third kappa shape index (κ3) is 3.85. The zero-order valence-electron chi connectivity index (χ0n) is 10.9. The van der Waals surface area contributed by atoms with Crippen LogP contribution in [0.2, 0.25) is 10.0 Å². The average Bonchev–Trinajstić information content (AvgIpc) is 2.58. The van der Waals surface area contributed by atoms with Crippen LogP contribution in [-0.2, 0) is 4.79 Å². The van der Waals surface area contributed by atoms with Crippen LogP contribution in [0.4, 0.5) is 0 Å². The van der Waals surface area contributed by atoms with Crippen molar-refractivity contribution in [3.05, 3.63) is 33.8 Å². The molecular weight excluding hydrogens is 283 g/mol. The van der Waals surface area contributed by atoms with E-state index in [0.717, 1.165) is 31.4 Å². The highest BCUT2D eigenvalue weighted by Crippen LogP contribution is 2.26. The van der Waals surface area contributed by atoms with Crippen LogP contribution in [-0.4, -0.2) is 18.5 Å². The van der Waals surface area contributed by atoms with Gasteiger partial charge < -0.3 is 5.32 Å². The summed E-state index contributed by atoms with van der Waals surface area (Å²) in [5.41, 5.74) is 1.03. The van der Waals surface area contributed by atoms with Gasteiger partial charge in [0.2, 0.25) is 5.91 Å². The first-order valence-electron chi connectivity index (χ1n) is 6.56. The maximum absolute atomic E-state index is 11.9. The Morgan fingerprint density at radius 1 is 1.32 bits per heavy atom. The highest BCUT2D eigenvalue weighted by atomic mass is 35.5. The van der Waals surface area contributed by atoms with E-state index in [-0.39, 0.29) is 18.0 Å². The van der Waals surface area contributed by atoms with E-state index in [1.54, 1.807) is 6.07 Å².